The smallest absolute Gasteiger partial charge is 0.261 e. The zero-order valence-corrected chi connectivity index (χ0v) is 17.7. The number of sulfonamides is 1. The quantitative estimate of drug-likeness (QED) is 0.570. The number of hydrogen-bond donors (Lipinski definition) is 2. The van der Waals surface area contributed by atoms with E-state index in [9.17, 15) is 13.2 Å². The molecule has 30 heavy (non-hydrogen) atoms. The fraction of sp³-hybridized carbons (Fsp3) is 0.174. The molecule has 0 saturated carbocycles. The largest absolute Gasteiger partial charge is 0.494 e. The van der Waals surface area contributed by atoms with Crippen molar-refractivity contribution in [2.24, 2.45) is 0 Å². The molecule has 156 valence electrons. The zero-order chi connectivity index (χ0) is 21.6. The van der Waals surface area contributed by atoms with Crippen LogP contribution in [0.25, 0.3) is 0 Å². The molecule has 1 amide bonds. The summed E-state index contributed by atoms with van der Waals surface area (Å²) in [6.07, 6.45) is 0. The molecule has 3 rings (SSSR count). The summed E-state index contributed by atoms with van der Waals surface area (Å²) >= 11 is 0. The van der Waals surface area contributed by atoms with Crippen LogP contribution in [0.4, 0.5) is 5.69 Å². The van der Waals surface area contributed by atoms with Crippen molar-refractivity contribution in [2.45, 2.75) is 25.3 Å². The number of rotatable bonds is 8. The standard InChI is InChI=1S/C23H24N2O4S/c1-3-29-21-11-9-18(10-12-21)16-24-23(26)19-5-4-6-20(15-19)25-30(27,28)22-13-7-17(2)8-14-22/h4-15,25H,3,16H2,1-2H3,(H,24,26). The maximum absolute atomic E-state index is 12.6. The Morgan fingerprint density at radius 2 is 1.67 bits per heavy atom. The minimum atomic E-state index is -3.73. The lowest BCUT2D eigenvalue weighted by Gasteiger charge is -2.10. The van der Waals surface area contributed by atoms with Gasteiger partial charge in [0.15, 0.2) is 0 Å². The van der Waals surface area contributed by atoms with Crippen molar-refractivity contribution >= 4 is 21.6 Å². The average Bonchev–Trinajstić information content (AvgIpc) is 2.73. The van der Waals surface area contributed by atoms with Crippen LogP contribution in [-0.4, -0.2) is 20.9 Å². The van der Waals surface area contributed by atoms with Gasteiger partial charge in [0.1, 0.15) is 5.75 Å². The lowest BCUT2D eigenvalue weighted by Crippen LogP contribution is -2.23. The number of aryl methyl sites for hydroxylation is 1. The first kappa shape index (κ1) is 21.4. The van der Waals surface area contributed by atoms with Gasteiger partial charge in [-0.2, -0.15) is 0 Å². The summed E-state index contributed by atoms with van der Waals surface area (Å²) in [4.78, 5) is 12.7. The molecule has 0 atom stereocenters. The molecule has 0 aliphatic rings. The van der Waals surface area contributed by atoms with Crippen LogP contribution in [0, 0.1) is 6.92 Å². The summed E-state index contributed by atoms with van der Waals surface area (Å²) in [7, 11) is -3.73. The maximum Gasteiger partial charge on any atom is 0.261 e. The van der Waals surface area contributed by atoms with E-state index in [-0.39, 0.29) is 10.8 Å². The number of ether oxygens (including phenoxy) is 1. The van der Waals surface area contributed by atoms with Gasteiger partial charge in [-0.1, -0.05) is 35.9 Å². The first-order valence-corrected chi connectivity index (χ1v) is 11.0. The van der Waals surface area contributed by atoms with Gasteiger partial charge >= 0.3 is 0 Å². The highest BCUT2D eigenvalue weighted by Crippen LogP contribution is 2.18. The second-order valence-electron chi connectivity index (χ2n) is 6.76. The van der Waals surface area contributed by atoms with Crippen LogP contribution in [0.5, 0.6) is 5.75 Å². The number of anilines is 1. The monoisotopic (exact) mass is 424 g/mol. The van der Waals surface area contributed by atoms with Crippen molar-refractivity contribution in [3.8, 4) is 5.75 Å². The molecule has 0 saturated heterocycles. The van der Waals surface area contributed by atoms with E-state index in [2.05, 4.69) is 10.0 Å². The van der Waals surface area contributed by atoms with Crippen LogP contribution in [0.2, 0.25) is 0 Å². The van der Waals surface area contributed by atoms with Crippen LogP contribution in [-0.2, 0) is 16.6 Å². The van der Waals surface area contributed by atoms with Crippen molar-refractivity contribution in [3.63, 3.8) is 0 Å². The van der Waals surface area contributed by atoms with E-state index < -0.39 is 10.0 Å². The molecule has 0 radical (unpaired) electrons. The predicted octanol–water partition coefficient (Wildman–Crippen LogP) is 4.12. The highest BCUT2D eigenvalue weighted by Gasteiger charge is 2.15. The summed E-state index contributed by atoms with van der Waals surface area (Å²) in [5.74, 6) is 0.487. The highest BCUT2D eigenvalue weighted by molar-refractivity contribution is 7.92. The Morgan fingerprint density at radius 3 is 2.33 bits per heavy atom. The fourth-order valence-electron chi connectivity index (χ4n) is 2.81. The number of nitrogens with one attached hydrogen (secondary N) is 2. The third-order valence-electron chi connectivity index (χ3n) is 4.40. The molecular formula is C23H24N2O4S. The number of hydrogen-bond acceptors (Lipinski definition) is 4. The second kappa shape index (κ2) is 9.45. The lowest BCUT2D eigenvalue weighted by molar-refractivity contribution is 0.0951. The van der Waals surface area contributed by atoms with Gasteiger partial charge in [0.2, 0.25) is 0 Å². The Labute approximate surface area is 177 Å². The van der Waals surface area contributed by atoms with Crippen molar-refractivity contribution in [2.75, 3.05) is 11.3 Å². The van der Waals surface area contributed by atoms with E-state index >= 15 is 0 Å². The molecule has 6 nitrogen and oxygen atoms in total. The minimum absolute atomic E-state index is 0.165. The van der Waals surface area contributed by atoms with Crippen LogP contribution in [0.3, 0.4) is 0 Å². The molecule has 0 heterocycles. The van der Waals surface area contributed by atoms with Gasteiger partial charge in [-0.15, -0.1) is 0 Å². The van der Waals surface area contributed by atoms with Crippen molar-refractivity contribution in [1.82, 2.24) is 5.32 Å². The summed E-state index contributed by atoms with van der Waals surface area (Å²) in [6.45, 7) is 4.76. The van der Waals surface area contributed by atoms with Crippen molar-refractivity contribution in [3.05, 3.63) is 89.5 Å². The topological polar surface area (TPSA) is 84.5 Å². The Balaban J connectivity index is 1.65. The van der Waals surface area contributed by atoms with Gasteiger partial charge in [0.05, 0.1) is 11.5 Å². The van der Waals surface area contributed by atoms with Gasteiger partial charge in [-0.3, -0.25) is 9.52 Å². The maximum atomic E-state index is 12.6. The second-order valence-corrected chi connectivity index (χ2v) is 8.44. The minimum Gasteiger partial charge on any atom is -0.494 e. The summed E-state index contributed by atoms with van der Waals surface area (Å²) < 4.78 is 33.0. The van der Waals surface area contributed by atoms with Crippen LogP contribution in [0.15, 0.2) is 77.7 Å². The van der Waals surface area contributed by atoms with Crippen molar-refractivity contribution < 1.29 is 17.9 Å². The Hall–Kier alpha value is -3.32. The fourth-order valence-corrected chi connectivity index (χ4v) is 3.86. The van der Waals surface area contributed by atoms with E-state index in [4.69, 9.17) is 4.74 Å². The van der Waals surface area contributed by atoms with Crippen molar-refractivity contribution in [1.29, 1.82) is 0 Å². The summed E-state index contributed by atoms with van der Waals surface area (Å²) in [5, 5.41) is 2.84. The normalized spacial score (nSPS) is 11.0. The molecule has 3 aromatic carbocycles. The Bertz CT molecular complexity index is 1110. The van der Waals surface area contributed by atoms with Gasteiger partial charge in [0, 0.05) is 17.8 Å². The molecule has 0 bridgehead atoms. The lowest BCUT2D eigenvalue weighted by atomic mass is 10.1. The van der Waals surface area contributed by atoms with Crippen LogP contribution < -0.4 is 14.8 Å². The van der Waals surface area contributed by atoms with E-state index in [0.29, 0.717) is 24.4 Å². The number of carbonyl (C=O) groups excluding carboxylic acids is 1. The summed E-state index contributed by atoms with van der Waals surface area (Å²) in [6, 6.07) is 20.4. The third-order valence-corrected chi connectivity index (χ3v) is 5.79. The van der Waals surface area contributed by atoms with Gasteiger partial charge in [-0.05, 0) is 61.9 Å². The number of amides is 1. The third kappa shape index (κ3) is 5.61. The van der Waals surface area contributed by atoms with E-state index in [0.717, 1.165) is 16.9 Å². The number of benzene rings is 3. The zero-order valence-electron chi connectivity index (χ0n) is 16.9. The average molecular weight is 425 g/mol. The SMILES string of the molecule is CCOc1ccc(CNC(=O)c2cccc(NS(=O)(=O)c3ccc(C)cc3)c2)cc1. The molecule has 0 fully saturated rings. The molecule has 0 aliphatic heterocycles. The molecular weight excluding hydrogens is 400 g/mol. The molecule has 0 aromatic heterocycles. The predicted molar refractivity (Wildman–Crippen MR) is 117 cm³/mol. The first-order valence-electron chi connectivity index (χ1n) is 9.57. The van der Waals surface area contributed by atoms with Gasteiger partial charge in [-0.25, -0.2) is 8.42 Å². The molecule has 0 spiro atoms. The molecule has 3 aromatic rings. The first-order chi connectivity index (χ1) is 14.4. The number of carbonyl (C=O) groups is 1. The Morgan fingerprint density at radius 1 is 0.967 bits per heavy atom. The van der Waals surface area contributed by atoms with Gasteiger partial charge in [0.25, 0.3) is 15.9 Å². The van der Waals surface area contributed by atoms with E-state index in [1.54, 1.807) is 42.5 Å². The van der Waals surface area contributed by atoms with Crippen LogP contribution in [0.1, 0.15) is 28.4 Å². The van der Waals surface area contributed by atoms with Crippen LogP contribution >= 0.6 is 0 Å². The molecule has 2 N–H and O–H groups in total. The summed E-state index contributed by atoms with van der Waals surface area (Å²) in [5.41, 5.74) is 2.59. The molecule has 0 aliphatic carbocycles. The highest BCUT2D eigenvalue weighted by atomic mass is 32.2. The molecule has 0 unspecified atom stereocenters. The van der Waals surface area contributed by atoms with E-state index in [1.807, 2.05) is 38.1 Å². The van der Waals surface area contributed by atoms with E-state index in [1.165, 1.54) is 6.07 Å². The van der Waals surface area contributed by atoms with Gasteiger partial charge < -0.3 is 10.1 Å². The molecule has 7 heteroatoms. The Kier molecular flexibility index (Phi) is 6.74.